The minimum atomic E-state index is -0.875. The Morgan fingerprint density at radius 3 is 2.35 bits per heavy atom. The van der Waals surface area contributed by atoms with E-state index in [-0.39, 0.29) is 22.4 Å². The van der Waals surface area contributed by atoms with E-state index in [1.54, 1.807) is 6.07 Å². The topological polar surface area (TPSA) is 106 Å². The van der Waals surface area contributed by atoms with E-state index in [9.17, 15) is 14.9 Å². The van der Waals surface area contributed by atoms with Crippen molar-refractivity contribution in [3.63, 3.8) is 0 Å². The quantitative estimate of drug-likeness (QED) is 0.345. The van der Waals surface area contributed by atoms with E-state index < -0.39 is 10.5 Å². The molecule has 2 aromatic rings. The zero-order valence-corrected chi connectivity index (χ0v) is 18.6. The molecule has 1 saturated carbocycles. The number of nitro benzene ring substituents is 1. The van der Waals surface area contributed by atoms with Crippen molar-refractivity contribution >= 4 is 40.3 Å². The molecule has 0 bridgehead atoms. The molecular formula is C22H26N4O4S. The fraction of sp³-hybridized carbons (Fsp3) is 0.364. The minimum absolute atomic E-state index is 0.157. The predicted octanol–water partition coefficient (Wildman–Crippen LogP) is 4.46. The van der Waals surface area contributed by atoms with Crippen molar-refractivity contribution in [2.75, 3.05) is 17.7 Å². The fourth-order valence-corrected chi connectivity index (χ4v) is 4.20. The molecule has 3 N–H and O–H groups in total. The Bertz CT molecular complexity index is 998. The number of nitrogens with one attached hydrogen (secondary N) is 3. The highest BCUT2D eigenvalue weighted by molar-refractivity contribution is 7.80. The number of nitro groups is 1. The van der Waals surface area contributed by atoms with Gasteiger partial charge in [-0.3, -0.25) is 14.9 Å². The number of para-hydroxylation sites is 1. The van der Waals surface area contributed by atoms with Crippen LogP contribution in [0.1, 0.15) is 36.8 Å². The second-order valence-electron chi connectivity index (χ2n) is 7.73. The van der Waals surface area contributed by atoms with Crippen LogP contribution >= 0.6 is 12.2 Å². The zero-order chi connectivity index (χ0) is 22.6. The second-order valence-corrected chi connectivity index (χ2v) is 8.14. The van der Waals surface area contributed by atoms with Crippen molar-refractivity contribution in [2.24, 2.45) is 0 Å². The first-order valence-corrected chi connectivity index (χ1v) is 10.5. The molecule has 0 atom stereocenters. The van der Waals surface area contributed by atoms with Gasteiger partial charge in [-0.1, -0.05) is 31.0 Å². The Morgan fingerprint density at radius 2 is 1.77 bits per heavy atom. The van der Waals surface area contributed by atoms with Gasteiger partial charge in [0.1, 0.15) is 17.0 Å². The maximum atomic E-state index is 13.3. The van der Waals surface area contributed by atoms with Crippen LogP contribution in [0.5, 0.6) is 5.75 Å². The molecule has 0 saturated heterocycles. The summed E-state index contributed by atoms with van der Waals surface area (Å²) < 4.78 is 5.06. The van der Waals surface area contributed by atoms with Gasteiger partial charge in [0.25, 0.3) is 5.69 Å². The van der Waals surface area contributed by atoms with Gasteiger partial charge in [-0.25, -0.2) is 0 Å². The van der Waals surface area contributed by atoms with E-state index in [1.165, 1.54) is 19.2 Å². The average molecular weight is 443 g/mol. The normalized spacial score (nSPS) is 14.5. The molecule has 3 rings (SSSR count). The molecule has 164 valence electrons. The van der Waals surface area contributed by atoms with Gasteiger partial charge in [0, 0.05) is 5.69 Å². The number of rotatable bonds is 6. The maximum absolute atomic E-state index is 13.3. The van der Waals surface area contributed by atoms with Crippen LogP contribution in [0.4, 0.5) is 17.1 Å². The van der Waals surface area contributed by atoms with Gasteiger partial charge < -0.3 is 20.7 Å². The van der Waals surface area contributed by atoms with Gasteiger partial charge in [0.15, 0.2) is 5.11 Å². The molecule has 0 aromatic heterocycles. The molecule has 9 heteroatoms. The lowest BCUT2D eigenvalue weighted by molar-refractivity contribution is -0.384. The van der Waals surface area contributed by atoms with Gasteiger partial charge in [-0.05, 0) is 62.2 Å². The first-order chi connectivity index (χ1) is 14.8. The first-order valence-electron chi connectivity index (χ1n) is 10.0. The molecule has 31 heavy (non-hydrogen) atoms. The van der Waals surface area contributed by atoms with Gasteiger partial charge in [-0.2, -0.15) is 0 Å². The molecular weight excluding hydrogens is 416 g/mol. The largest absolute Gasteiger partial charge is 0.496 e. The minimum Gasteiger partial charge on any atom is -0.496 e. The van der Waals surface area contributed by atoms with Crippen LogP contribution in [0.15, 0.2) is 36.4 Å². The number of carbonyl (C=O) groups excluding carboxylic acids is 1. The molecule has 1 aliphatic rings. The summed E-state index contributed by atoms with van der Waals surface area (Å²) in [5.74, 6) is 0.215. The van der Waals surface area contributed by atoms with Crippen LogP contribution in [-0.2, 0) is 4.79 Å². The van der Waals surface area contributed by atoms with E-state index in [0.717, 1.165) is 29.7 Å². The van der Waals surface area contributed by atoms with Gasteiger partial charge in [-0.15, -0.1) is 0 Å². The van der Waals surface area contributed by atoms with Crippen molar-refractivity contribution in [3.8, 4) is 5.75 Å². The second kappa shape index (κ2) is 9.30. The van der Waals surface area contributed by atoms with E-state index in [1.807, 2.05) is 32.0 Å². The molecule has 1 fully saturated rings. The highest BCUT2D eigenvalue weighted by Gasteiger charge is 2.42. The van der Waals surface area contributed by atoms with E-state index >= 15 is 0 Å². The molecule has 0 heterocycles. The van der Waals surface area contributed by atoms with E-state index in [0.29, 0.717) is 18.6 Å². The van der Waals surface area contributed by atoms with Crippen molar-refractivity contribution in [3.05, 3.63) is 57.6 Å². The molecule has 0 spiro atoms. The van der Waals surface area contributed by atoms with Crippen LogP contribution in [0.2, 0.25) is 0 Å². The number of ether oxygens (including phenoxy) is 1. The number of nitrogens with zero attached hydrogens (tertiary/aromatic N) is 1. The van der Waals surface area contributed by atoms with Crippen LogP contribution in [0.25, 0.3) is 0 Å². The number of aryl methyl sites for hydroxylation is 2. The van der Waals surface area contributed by atoms with Gasteiger partial charge in [0.2, 0.25) is 5.91 Å². The number of thiocarbonyl (C=S) groups is 1. The van der Waals surface area contributed by atoms with E-state index in [4.69, 9.17) is 17.0 Å². The average Bonchev–Trinajstić information content (AvgIpc) is 3.20. The Labute approximate surface area is 186 Å². The van der Waals surface area contributed by atoms with Crippen molar-refractivity contribution in [2.45, 2.75) is 45.1 Å². The highest BCUT2D eigenvalue weighted by atomic mass is 32.1. The summed E-state index contributed by atoms with van der Waals surface area (Å²) in [4.78, 5) is 24.2. The predicted molar refractivity (Wildman–Crippen MR) is 125 cm³/mol. The SMILES string of the molecule is COc1ccc(NC(=S)NC2(C(=O)Nc3c(C)cccc3C)CCCC2)c([N+](=O)[O-])c1. The van der Waals surface area contributed by atoms with Gasteiger partial charge >= 0.3 is 0 Å². The summed E-state index contributed by atoms with van der Waals surface area (Å²) in [6.45, 7) is 3.90. The standard InChI is InChI=1S/C22H26N4O4S/c1-14-7-6-8-15(2)19(14)24-20(27)22(11-4-5-12-22)25-21(31)23-17-10-9-16(30-3)13-18(17)26(28)29/h6-10,13H,4-5,11-12H2,1-3H3,(H,24,27)(H2,23,25,31). The van der Waals surface area contributed by atoms with Crippen molar-refractivity contribution in [1.82, 2.24) is 5.32 Å². The summed E-state index contributed by atoms with van der Waals surface area (Å²) in [6.07, 6.45) is 3.02. The lowest BCUT2D eigenvalue weighted by Crippen LogP contribution is -2.56. The third-order valence-electron chi connectivity index (χ3n) is 5.61. The van der Waals surface area contributed by atoms with E-state index in [2.05, 4.69) is 16.0 Å². The Morgan fingerprint density at radius 1 is 1.13 bits per heavy atom. The van der Waals surface area contributed by atoms with Crippen LogP contribution in [0.3, 0.4) is 0 Å². The molecule has 8 nitrogen and oxygen atoms in total. The Hall–Kier alpha value is -3.20. The van der Waals surface area contributed by atoms with Gasteiger partial charge in [0.05, 0.1) is 18.1 Å². The maximum Gasteiger partial charge on any atom is 0.296 e. The number of methoxy groups -OCH3 is 1. The molecule has 1 amide bonds. The Balaban J connectivity index is 1.79. The third kappa shape index (κ3) is 4.93. The number of hydrogen-bond donors (Lipinski definition) is 3. The lowest BCUT2D eigenvalue weighted by atomic mass is 9.95. The zero-order valence-electron chi connectivity index (χ0n) is 17.8. The summed E-state index contributed by atoms with van der Waals surface area (Å²) in [5, 5.41) is 20.7. The first kappa shape index (κ1) is 22.5. The molecule has 0 unspecified atom stereocenters. The monoisotopic (exact) mass is 442 g/mol. The highest BCUT2D eigenvalue weighted by Crippen LogP contribution is 2.33. The summed E-state index contributed by atoms with van der Waals surface area (Å²) in [5.41, 5.74) is 1.95. The van der Waals surface area contributed by atoms with Crippen LogP contribution in [0, 0.1) is 24.0 Å². The summed E-state index contributed by atoms with van der Waals surface area (Å²) >= 11 is 5.43. The molecule has 0 aliphatic heterocycles. The number of benzene rings is 2. The van der Waals surface area contributed by atoms with Crippen molar-refractivity contribution in [1.29, 1.82) is 0 Å². The lowest BCUT2D eigenvalue weighted by Gasteiger charge is -2.31. The van der Waals surface area contributed by atoms with Crippen LogP contribution < -0.4 is 20.7 Å². The smallest absolute Gasteiger partial charge is 0.296 e. The molecule has 0 radical (unpaired) electrons. The number of carbonyl (C=O) groups is 1. The number of hydrogen-bond acceptors (Lipinski definition) is 5. The van der Waals surface area contributed by atoms with Crippen molar-refractivity contribution < 1.29 is 14.5 Å². The number of amides is 1. The molecule has 2 aromatic carbocycles. The summed E-state index contributed by atoms with van der Waals surface area (Å²) in [6, 6.07) is 10.3. The fourth-order valence-electron chi connectivity index (χ4n) is 3.90. The Kier molecular flexibility index (Phi) is 6.74. The number of anilines is 2. The molecule has 1 aliphatic carbocycles. The van der Waals surface area contributed by atoms with Crippen LogP contribution in [-0.4, -0.2) is 28.6 Å². The third-order valence-corrected chi connectivity index (χ3v) is 5.82. The summed E-state index contributed by atoms with van der Waals surface area (Å²) in [7, 11) is 1.44.